The fourth-order valence-electron chi connectivity index (χ4n) is 3.36. The lowest BCUT2D eigenvalue weighted by atomic mass is 10.2. The van der Waals surface area contributed by atoms with Gasteiger partial charge in [-0.15, -0.1) is 11.8 Å². The molecule has 0 spiro atoms. The van der Waals surface area contributed by atoms with Crippen LogP contribution < -0.4 is 0 Å². The standard InChI is InChI=1S/C18H20ClNO3S2/c1-12-9-17(13(2)20(12)15-7-8-25(22,23)11-15)18(21)10-24-16-5-3-14(19)4-6-16/h3-6,9,15H,7-8,10-11H2,1-2H3/t15-/m0/s1. The van der Waals surface area contributed by atoms with Crippen LogP contribution in [-0.2, 0) is 9.84 Å². The lowest BCUT2D eigenvalue weighted by Gasteiger charge is -2.16. The Morgan fingerprint density at radius 2 is 1.96 bits per heavy atom. The maximum Gasteiger partial charge on any atom is 0.174 e. The number of nitrogens with zero attached hydrogens (tertiary/aromatic N) is 1. The molecule has 134 valence electrons. The zero-order valence-corrected chi connectivity index (χ0v) is 16.5. The molecular formula is C18H20ClNO3S2. The van der Waals surface area contributed by atoms with Crippen molar-refractivity contribution in [2.24, 2.45) is 0 Å². The Hall–Kier alpha value is -1.24. The van der Waals surface area contributed by atoms with E-state index in [4.69, 9.17) is 11.6 Å². The minimum absolute atomic E-state index is 0.0557. The second-order valence-electron chi connectivity index (χ2n) is 6.38. The molecule has 4 nitrogen and oxygen atoms in total. The predicted octanol–water partition coefficient (Wildman–Crippen LogP) is 4.09. The van der Waals surface area contributed by atoms with Crippen LogP contribution in [0, 0.1) is 13.8 Å². The highest BCUT2D eigenvalue weighted by Gasteiger charge is 2.31. The van der Waals surface area contributed by atoms with Gasteiger partial charge in [0, 0.05) is 32.9 Å². The number of ketones is 1. The van der Waals surface area contributed by atoms with Crippen molar-refractivity contribution in [3.05, 3.63) is 52.3 Å². The average Bonchev–Trinajstić information content (AvgIpc) is 3.05. The molecular weight excluding hydrogens is 378 g/mol. The first-order chi connectivity index (χ1) is 11.8. The van der Waals surface area contributed by atoms with E-state index in [0.29, 0.717) is 22.8 Å². The van der Waals surface area contributed by atoms with E-state index >= 15 is 0 Å². The lowest BCUT2D eigenvalue weighted by Crippen LogP contribution is -2.14. The number of halogens is 1. The molecule has 0 radical (unpaired) electrons. The van der Waals surface area contributed by atoms with Crippen molar-refractivity contribution in [3.63, 3.8) is 0 Å². The van der Waals surface area contributed by atoms with Crippen molar-refractivity contribution < 1.29 is 13.2 Å². The number of aromatic nitrogens is 1. The molecule has 0 aliphatic carbocycles. The third-order valence-corrected chi connectivity index (χ3v) is 7.56. The van der Waals surface area contributed by atoms with Gasteiger partial charge >= 0.3 is 0 Å². The fraction of sp³-hybridized carbons (Fsp3) is 0.389. The van der Waals surface area contributed by atoms with Crippen molar-refractivity contribution in [3.8, 4) is 0 Å². The van der Waals surface area contributed by atoms with Crippen LogP contribution in [0.1, 0.15) is 34.2 Å². The van der Waals surface area contributed by atoms with Gasteiger partial charge in [0.25, 0.3) is 0 Å². The summed E-state index contributed by atoms with van der Waals surface area (Å²) < 4.78 is 25.6. The highest BCUT2D eigenvalue weighted by molar-refractivity contribution is 8.00. The Bertz CT molecular complexity index is 901. The van der Waals surface area contributed by atoms with E-state index < -0.39 is 9.84 Å². The summed E-state index contributed by atoms with van der Waals surface area (Å²) in [5, 5.41) is 0.672. The highest BCUT2D eigenvalue weighted by atomic mass is 35.5. The molecule has 0 amide bonds. The molecule has 2 heterocycles. The van der Waals surface area contributed by atoms with Gasteiger partial charge in [0.1, 0.15) is 0 Å². The fourth-order valence-corrected chi connectivity index (χ4v) is 5.97. The molecule has 2 aromatic rings. The second-order valence-corrected chi connectivity index (χ2v) is 10.1. The number of sulfone groups is 1. The quantitative estimate of drug-likeness (QED) is 0.563. The molecule has 1 fully saturated rings. The summed E-state index contributed by atoms with van der Waals surface area (Å²) in [5.74, 6) is 0.788. The summed E-state index contributed by atoms with van der Waals surface area (Å²) >= 11 is 7.35. The first-order valence-corrected chi connectivity index (χ1v) is 11.3. The van der Waals surface area contributed by atoms with E-state index in [1.165, 1.54) is 11.8 Å². The van der Waals surface area contributed by atoms with Crippen LogP contribution >= 0.6 is 23.4 Å². The lowest BCUT2D eigenvalue weighted by molar-refractivity contribution is 0.102. The summed E-state index contributed by atoms with van der Waals surface area (Å²) in [6, 6.07) is 9.22. The molecule has 1 aromatic heterocycles. The number of Topliss-reactive ketones (excluding diaryl/α,β-unsaturated/α-hetero) is 1. The maximum atomic E-state index is 12.6. The topological polar surface area (TPSA) is 56.1 Å². The van der Waals surface area contributed by atoms with Crippen LogP contribution in [0.3, 0.4) is 0 Å². The second kappa shape index (κ2) is 7.17. The number of benzene rings is 1. The molecule has 1 saturated heterocycles. The van der Waals surface area contributed by atoms with Crippen molar-refractivity contribution in [1.29, 1.82) is 0 Å². The molecule has 25 heavy (non-hydrogen) atoms. The first-order valence-electron chi connectivity index (χ1n) is 8.07. The number of hydrogen-bond acceptors (Lipinski definition) is 4. The van der Waals surface area contributed by atoms with Gasteiger partial charge in [-0.3, -0.25) is 4.79 Å². The molecule has 0 saturated carbocycles. The first kappa shape index (κ1) is 18.5. The number of hydrogen-bond donors (Lipinski definition) is 0. The van der Waals surface area contributed by atoms with E-state index in [9.17, 15) is 13.2 Å². The van der Waals surface area contributed by atoms with Gasteiger partial charge in [-0.1, -0.05) is 11.6 Å². The van der Waals surface area contributed by atoms with Gasteiger partial charge in [-0.25, -0.2) is 8.42 Å². The van der Waals surface area contributed by atoms with Crippen molar-refractivity contribution >= 4 is 39.0 Å². The van der Waals surface area contributed by atoms with Gasteiger partial charge < -0.3 is 4.57 Å². The van der Waals surface area contributed by atoms with Crippen LogP contribution in [0.15, 0.2) is 35.2 Å². The maximum absolute atomic E-state index is 12.6. The zero-order chi connectivity index (χ0) is 18.2. The van der Waals surface area contributed by atoms with Gasteiger partial charge in [0.2, 0.25) is 0 Å². The van der Waals surface area contributed by atoms with Crippen molar-refractivity contribution in [1.82, 2.24) is 4.57 Å². The van der Waals surface area contributed by atoms with Crippen molar-refractivity contribution in [2.75, 3.05) is 17.3 Å². The highest BCUT2D eigenvalue weighted by Crippen LogP contribution is 2.30. The van der Waals surface area contributed by atoms with Gasteiger partial charge in [0.15, 0.2) is 15.6 Å². The predicted molar refractivity (Wildman–Crippen MR) is 103 cm³/mol. The average molecular weight is 398 g/mol. The molecule has 0 bridgehead atoms. The number of aryl methyl sites for hydroxylation is 1. The Labute approximate surface area is 157 Å². The van der Waals surface area contributed by atoms with E-state index in [2.05, 4.69) is 0 Å². The SMILES string of the molecule is Cc1cc(C(=O)CSc2ccc(Cl)cc2)c(C)n1[C@H]1CCS(=O)(=O)C1. The Balaban J connectivity index is 1.75. The molecule has 1 aliphatic rings. The number of thioether (sulfide) groups is 1. The molecule has 0 N–H and O–H groups in total. The zero-order valence-electron chi connectivity index (χ0n) is 14.2. The number of carbonyl (C=O) groups excluding carboxylic acids is 1. The Morgan fingerprint density at radius 1 is 1.28 bits per heavy atom. The molecule has 7 heteroatoms. The van der Waals surface area contributed by atoms with Crippen LogP contribution in [0.25, 0.3) is 0 Å². The number of carbonyl (C=O) groups is 1. The third-order valence-electron chi connectivity index (χ3n) is 4.54. The molecule has 1 aliphatic heterocycles. The van der Waals surface area contributed by atoms with Gasteiger partial charge in [0.05, 0.1) is 17.3 Å². The molecule has 3 rings (SSSR count). The normalized spacial score (nSPS) is 19.2. The smallest absolute Gasteiger partial charge is 0.174 e. The van der Waals surface area contributed by atoms with Crippen LogP contribution in [0.5, 0.6) is 0 Å². The number of rotatable bonds is 5. The van der Waals surface area contributed by atoms with Crippen molar-refractivity contribution in [2.45, 2.75) is 31.2 Å². The monoisotopic (exact) mass is 397 g/mol. The van der Waals surface area contributed by atoms with E-state index in [-0.39, 0.29) is 23.3 Å². The molecule has 0 unspecified atom stereocenters. The Kier molecular flexibility index (Phi) is 5.32. The van der Waals surface area contributed by atoms with Gasteiger partial charge in [-0.2, -0.15) is 0 Å². The minimum atomic E-state index is -2.96. The van der Waals surface area contributed by atoms with E-state index in [0.717, 1.165) is 16.3 Å². The van der Waals surface area contributed by atoms with Crippen LogP contribution in [-0.4, -0.2) is 36.0 Å². The summed E-state index contributed by atoms with van der Waals surface area (Å²) in [6.07, 6.45) is 0.617. The minimum Gasteiger partial charge on any atom is -0.344 e. The van der Waals surface area contributed by atoms with Crippen LogP contribution in [0.4, 0.5) is 0 Å². The summed E-state index contributed by atoms with van der Waals surface area (Å²) in [5.41, 5.74) is 2.49. The summed E-state index contributed by atoms with van der Waals surface area (Å²) in [7, 11) is -2.96. The van der Waals surface area contributed by atoms with E-state index in [1.54, 1.807) is 12.1 Å². The van der Waals surface area contributed by atoms with Gasteiger partial charge in [-0.05, 0) is 50.6 Å². The Morgan fingerprint density at radius 3 is 2.56 bits per heavy atom. The van der Waals surface area contributed by atoms with E-state index in [1.807, 2.05) is 36.6 Å². The van der Waals surface area contributed by atoms with Crippen LogP contribution in [0.2, 0.25) is 5.02 Å². The molecule has 1 atom stereocenters. The third kappa shape index (κ3) is 4.13. The largest absolute Gasteiger partial charge is 0.344 e. The summed E-state index contributed by atoms with van der Waals surface area (Å²) in [6.45, 7) is 3.83. The summed E-state index contributed by atoms with van der Waals surface area (Å²) in [4.78, 5) is 13.6. The molecule has 1 aromatic carbocycles.